The second kappa shape index (κ2) is 16.6. The number of ketones is 4. The van der Waals surface area contributed by atoms with E-state index in [9.17, 15) is 57.5 Å². The first-order chi connectivity index (χ1) is 31.8. The summed E-state index contributed by atoms with van der Waals surface area (Å²) in [7, 11) is 0. The first-order valence-corrected chi connectivity index (χ1v) is 20.3. The highest BCUT2D eigenvalue weighted by atomic mass is 16.2. The van der Waals surface area contributed by atoms with Gasteiger partial charge in [0.1, 0.15) is 24.9 Å². The molecule has 4 atom stereocenters. The predicted molar refractivity (Wildman–Crippen MR) is 234 cm³/mol. The van der Waals surface area contributed by atoms with E-state index in [4.69, 9.17) is 0 Å². The Kier molecular flexibility index (Phi) is 10.6. The van der Waals surface area contributed by atoms with Crippen molar-refractivity contribution in [1.82, 2.24) is 19.2 Å². The molecule has 2 fully saturated rings. The quantitative estimate of drug-likeness (QED) is 0.100. The van der Waals surface area contributed by atoms with Gasteiger partial charge in [-0.2, -0.15) is 9.35 Å². The molecule has 0 saturated carbocycles. The maximum atomic E-state index is 13.6. The van der Waals surface area contributed by atoms with Gasteiger partial charge in [0.05, 0.1) is 33.6 Å². The van der Waals surface area contributed by atoms with E-state index in [-0.39, 0.29) is 11.1 Å². The summed E-state index contributed by atoms with van der Waals surface area (Å²) in [6.45, 7) is -1.74. The second-order valence-corrected chi connectivity index (χ2v) is 15.6. The Bertz CT molecular complexity index is 3130. The average Bonchev–Trinajstić information content (AvgIpc) is 3.92. The van der Waals surface area contributed by atoms with Gasteiger partial charge < -0.3 is 9.80 Å². The van der Waals surface area contributed by atoms with Crippen molar-refractivity contribution in [1.29, 1.82) is 0 Å². The number of hydrogen-bond acceptors (Lipinski definition) is 12. The summed E-state index contributed by atoms with van der Waals surface area (Å²) in [6.07, 6.45) is 0. The van der Waals surface area contributed by atoms with Crippen LogP contribution in [-0.4, -0.2) is 79.0 Å². The van der Waals surface area contributed by atoms with Crippen molar-refractivity contribution in [2.24, 2.45) is 11.8 Å². The highest BCUT2D eigenvalue weighted by molar-refractivity contribution is 6.45. The third kappa shape index (κ3) is 7.02. The summed E-state index contributed by atoms with van der Waals surface area (Å²) in [4.78, 5) is 164. The van der Waals surface area contributed by atoms with Crippen LogP contribution in [0, 0.1) is 11.8 Å². The van der Waals surface area contributed by atoms with Gasteiger partial charge in [0.2, 0.25) is 11.6 Å². The third-order valence-corrected chi connectivity index (χ3v) is 11.8. The summed E-state index contributed by atoms with van der Waals surface area (Å²) in [5, 5.41) is -1.62. The summed E-state index contributed by atoms with van der Waals surface area (Å²) in [6, 6.07) is 31.2. The number of nitrogens with zero attached hydrogens (tertiary/aromatic N) is 4. The van der Waals surface area contributed by atoms with Crippen molar-refractivity contribution in [3.05, 3.63) is 197 Å². The molecular formula is C48H32N6O12. The molecule has 0 bridgehead atoms. The Morgan fingerprint density at radius 2 is 0.697 bits per heavy atom. The molecule has 2 aromatic heterocycles. The second-order valence-electron chi connectivity index (χ2n) is 15.6. The van der Waals surface area contributed by atoms with Crippen LogP contribution in [0.5, 0.6) is 0 Å². The lowest BCUT2D eigenvalue weighted by atomic mass is 9.86. The van der Waals surface area contributed by atoms with Gasteiger partial charge in [-0.05, 0) is 23.3 Å². The van der Waals surface area contributed by atoms with Crippen molar-refractivity contribution in [2.75, 3.05) is 23.9 Å². The lowest BCUT2D eigenvalue weighted by Gasteiger charge is -2.26. The van der Waals surface area contributed by atoms with Gasteiger partial charge in [-0.1, -0.05) is 121 Å². The van der Waals surface area contributed by atoms with Crippen LogP contribution in [-0.2, 0) is 28.8 Å². The fourth-order valence-electron chi connectivity index (χ4n) is 8.73. The van der Waals surface area contributed by atoms with Gasteiger partial charge in [-0.3, -0.25) is 68.4 Å². The zero-order valence-corrected chi connectivity index (χ0v) is 34.1. The third-order valence-electron chi connectivity index (χ3n) is 11.8. The summed E-state index contributed by atoms with van der Waals surface area (Å²) < 4.78 is 0.632. The molecule has 18 heteroatoms. The van der Waals surface area contributed by atoms with E-state index >= 15 is 0 Å². The smallest absolute Gasteiger partial charge is 0.291 e. The van der Waals surface area contributed by atoms with Gasteiger partial charge in [-0.25, -0.2) is 0 Å². The molecule has 66 heavy (non-hydrogen) atoms. The maximum absolute atomic E-state index is 13.6. The SMILES string of the molecule is O=C(CN1C(=O)C(=O)C(C(=O)c2ccccc2)C1c1ccccc1)Nn1c(=O)c2cc3c(=O)n(NC(=O)CN4C(=O)C(=O)C(C(=O)c5ccccc5)C4c4ccccc4)c(=O)c3cc2c1=O. The van der Waals surface area contributed by atoms with Crippen molar-refractivity contribution < 1.29 is 38.4 Å². The Balaban J connectivity index is 0.969. The minimum atomic E-state index is -1.52. The molecule has 9 rings (SSSR count). The number of fused-ring (bicyclic) bond motifs is 2. The predicted octanol–water partition coefficient (Wildman–Crippen LogP) is 1.36. The summed E-state index contributed by atoms with van der Waals surface area (Å²) in [5.41, 5.74) is 0.825. The molecule has 7 aromatic rings. The number of benzene rings is 5. The average molecular weight is 885 g/mol. The van der Waals surface area contributed by atoms with E-state index < -0.39 is 128 Å². The number of hydrogen-bond donors (Lipinski definition) is 2. The molecule has 4 amide bonds. The maximum Gasteiger partial charge on any atom is 0.291 e. The van der Waals surface area contributed by atoms with Crippen molar-refractivity contribution >= 4 is 68.3 Å². The molecule has 18 nitrogen and oxygen atoms in total. The minimum Gasteiger partial charge on any atom is -0.318 e. The molecule has 0 spiro atoms. The van der Waals surface area contributed by atoms with Gasteiger partial charge in [-0.15, -0.1) is 0 Å². The monoisotopic (exact) mass is 884 g/mol. The highest BCUT2D eigenvalue weighted by Crippen LogP contribution is 2.39. The molecule has 326 valence electrons. The Labute approximate surface area is 369 Å². The van der Waals surface area contributed by atoms with Crippen molar-refractivity contribution in [2.45, 2.75) is 12.1 Å². The van der Waals surface area contributed by atoms with Crippen LogP contribution in [0.4, 0.5) is 0 Å². The number of carbonyl (C=O) groups is 8. The van der Waals surface area contributed by atoms with Crippen LogP contribution < -0.4 is 33.1 Å². The molecule has 0 radical (unpaired) electrons. The topological polar surface area (TPSA) is 245 Å². The number of likely N-dealkylation sites (tertiary alicyclic amines) is 2. The molecule has 2 saturated heterocycles. The molecule has 0 aliphatic carbocycles. The number of rotatable bonds is 12. The number of aromatic nitrogens is 2. The first-order valence-electron chi connectivity index (χ1n) is 20.3. The normalized spacial score (nSPS) is 18.4. The molecule has 2 aliphatic heterocycles. The largest absolute Gasteiger partial charge is 0.318 e. The lowest BCUT2D eigenvalue weighted by molar-refractivity contribution is -0.141. The van der Waals surface area contributed by atoms with Gasteiger partial charge in [0.25, 0.3) is 45.9 Å². The standard InChI is InChI=1S/C48H32N6O12/c55-33(23-51-37(25-13-5-1-6-14-25)35(41(59)47(51)65)39(57)27-17-9-3-10-18-27)49-53-43(61)29-21-31-32(22-30(29)44(53)62)46(64)54(45(31)63)50-34(56)24-52-38(26-15-7-2-8-16-26)36(42(60)48(52)66)40(58)28-19-11-4-12-20-28/h1-22,35-38H,23-24H2,(H,49,55)(H,50,56). The highest BCUT2D eigenvalue weighted by Gasteiger charge is 2.53. The number of carbonyl (C=O) groups excluding carboxylic acids is 8. The summed E-state index contributed by atoms with van der Waals surface area (Å²) in [5.74, 6) is -10.9. The molecule has 4 unspecified atom stereocenters. The van der Waals surface area contributed by atoms with Crippen LogP contribution in [0.2, 0.25) is 0 Å². The van der Waals surface area contributed by atoms with E-state index in [1.165, 1.54) is 24.3 Å². The first kappa shape index (κ1) is 42.3. The van der Waals surface area contributed by atoms with E-state index in [0.717, 1.165) is 21.9 Å². The molecule has 5 aromatic carbocycles. The van der Waals surface area contributed by atoms with Crippen LogP contribution in [0.15, 0.2) is 153 Å². The van der Waals surface area contributed by atoms with Gasteiger partial charge in [0, 0.05) is 11.1 Å². The van der Waals surface area contributed by atoms with Crippen LogP contribution in [0.25, 0.3) is 21.5 Å². The lowest BCUT2D eigenvalue weighted by Crippen LogP contribution is -2.44. The Morgan fingerprint density at radius 1 is 0.409 bits per heavy atom. The summed E-state index contributed by atoms with van der Waals surface area (Å²) >= 11 is 0. The minimum absolute atomic E-state index is 0.163. The molecule has 4 heterocycles. The zero-order chi connectivity index (χ0) is 46.6. The van der Waals surface area contributed by atoms with Gasteiger partial charge in [0.15, 0.2) is 11.6 Å². The van der Waals surface area contributed by atoms with E-state index in [2.05, 4.69) is 10.9 Å². The van der Waals surface area contributed by atoms with Crippen LogP contribution in [0.1, 0.15) is 43.9 Å². The molecule has 2 aliphatic rings. The van der Waals surface area contributed by atoms with Gasteiger partial charge >= 0.3 is 0 Å². The number of amides is 4. The van der Waals surface area contributed by atoms with Crippen LogP contribution >= 0.6 is 0 Å². The Morgan fingerprint density at radius 3 is 1.00 bits per heavy atom. The fraction of sp³-hybridized carbons (Fsp3) is 0.125. The Hall–Kier alpha value is -9.06. The van der Waals surface area contributed by atoms with E-state index in [0.29, 0.717) is 20.5 Å². The van der Waals surface area contributed by atoms with E-state index in [1.807, 2.05) is 0 Å². The van der Waals surface area contributed by atoms with Crippen LogP contribution in [0.3, 0.4) is 0 Å². The fourth-order valence-corrected chi connectivity index (χ4v) is 8.73. The number of Topliss-reactive ketones (excluding diaryl/α,β-unsaturated/α-hetero) is 4. The molecular weight excluding hydrogens is 853 g/mol. The van der Waals surface area contributed by atoms with Crippen molar-refractivity contribution in [3.63, 3.8) is 0 Å². The molecule has 2 N–H and O–H groups in total. The zero-order valence-electron chi connectivity index (χ0n) is 34.1. The number of nitrogens with one attached hydrogen (secondary N) is 2. The van der Waals surface area contributed by atoms with Crippen molar-refractivity contribution in [3.8, 4) is 0 Å². The van der Waals surface area contributed by atoms with E-state index in [1.54, 1.807) is 97.1 Å².